The van der Waals surface area contributed by atoms with E-state index < -0.39 is 10.0 Å². The fourth-order valence-electron chi connectivity index (χ4n) is 2.98. The number of rotatable bonds is 8. The first kappa shape index (κ1) is 18.1. The Balaban J connectivity index is 1.73. The molecule has 0 spiro atoms. The lowest BCUT2D eigenvalue weighted by molar-refractivity contribution is 0.273. The molecule has 1 atom stereocenters. The molecule has 2 N–H and O–H groups in total. The summed E-state index contributed by atoms with van der Waals surface area (Å²) in [4.78, 5) is 1.49. The summed E-state index contributed by atoms with van der Waals surface area (Å²) in [5, 5.41) is 12.9. The Morgan fingerprint density at radius 1 is 1.00 bits per heavy atom. The van der Waals surface area contributed by atoms with Gasteiger partial charge in [0.15, 0.2) is 0 Å². The topological polar surface area (TPSA) is 66.4 Å². The molecule has 25 heavy (non-hydrogen) atoms. The van der Waals surface area contributed by atoms with Crippen molar-refractivity contribution in [2.75, 3.05) is 13.2 Å². The molecule has 6 heteroatoms. The van der Waals surface area contributed by atoms with E-state index in [4.69, 9.17) is 0 Å². The lowest BCUT2D eigenvalue weighted by Gasteiger charge is -2.15. The van der Waals surface area contributed by atoms with Gasteiger partial charge in [0, 0.05) is 23.4 Å². The number of fused-ring (bicyclic) bond motifs is 1. The van der Waals surface area contributed by atoms with Gasteiger partial charge in [-0.15, -0.1) is 11.3 Å². The number of nitrogens with one attached hydrogen (secondary N) is 1. The minimum atomic E-state index is -3.58. The van der Waals surface area contributed by atoms with Crippen LogP contribution in [0.5, 0.6) is 0 Å². The molecule has 0 unspecified atom stereocenters. The van der Waals surface area contributed by atoms with E-state index in [0.717, 1.165) is 10.8 Å². The number of aliphatic hydroxyl groups is 1. The van der Waals surface area contributed by atoms with Gasteiger partial charge in [-0.05, 0) is 41.7 Å². The number of hydrogen-bond donors (Lipinski definition) is 2. The number of sulfonamides is 1. The molecule has 3 rings (SSSR count). The standard InChI is InChI=1S/C19H21NO3S2/c21-13-11-16(18-8-4-14-24-18)10-12-20-25(22,23)19-9-3-6-15-5-1-2-7-17(15)19/h1-9,14,16,20-21H,10-13H2/t16-/m0/s1. The van der Waals surface area contributed by atoms with Crippen LogP contribution in [0.1, 0.15) is 23.6 Å². The molecular formula is C19H21NO3S2. The average molecular weight is 376 g/mol. The lowest BCUT2D eigenvalue weighted by atomic mass is 10.0. The van der Waals surface area contributed by atoms with Crippen molar-refractivity contribution < 1.29 is 13.5 Å². The Bertz CT molecular complexity index is 916. The molecular weight excluding hydrogens is 354 g/mol. The van der Waals surface area contributed by atoms with Crippen LogP contribution in [0.15, 0.2) is 64.9 Å². The predicted octanol–water partition coefficient (Wildman–Crippen LogP) is 3.74. The monoisotopic (exact) mass is 375 g/mol. The third-order valence-electron chi connectivity index (χ3n) is 4.25. The molecule has 0 aliphatic rings. The van der Waals surface area contributed by atoms with Gasteiger partial charge >= 0.3 is 0 Å². The maximum Gasteiger partial charge on any atom is 0.241 e. The molecule has 0 radical (unpaired) electrons. The zero-order valence-corrected chi connectivity index (χ0v) is 15.4. The minimum Gasteiger partial charge on any atom is -0.396 e. The summed E-state index contributed by atoms with van der Waals surface area (Å²) >= 11 is 1.64. The Labute approximate surface area is 152 Å². The van der Waals surface area contributed by atoms with E-state index in [0.29, 0.717) is 24.3 Å². The van der Waals surface area contributed by atoms with Gasteiger partial charge in [0.2, 0.25) is 10.0 Å². The van der Waals surface area contributed by atoms with Gasteiger partial charge < -0.3 is 5.11 Å². The molecule has 0 amide bonds. The summed E-state index contributed by atoms with van der Waals surface area (Å²) in [5.41, 5.74) is 0. The molecule has 0 aliphatic carbocycles. The summed E-state index contributed by atoms with van der Waals surface area (Å²) in [6.45, 7) is 0.437. The van der Waals surface area contributed by atoms with E-state index in [1.54, 1.807) is 23.5 Å². The van der Waals surface area contributed by atoms with Crippen molar-refractivity contribution in [1.29, 1.82) is 0 Å². The van der Waals surface area contributed by atoms with E-state index in [2.05, 4.69) is 4.72 Å². The third kappa shape index (κ3) is 4.27. The molecule has 0 saturated heterocycles. The van der Waals surface area contributed by atoms with E-state index in [-0.39, 0.29) is 12.5 Å². The highest BCUT2D eigenvalue weighted by atomic mass is 32.2. The second kappa shape index (κ2) is 8.10. The maximum absolute atomic E-state index is 12.7. The molecule has 0 fully saturated rings. The Morgan fingerprint density at radius 2 is 1.80 bits per heavy atom. The molecule has 1 heterocycles. The quantitative estimate of drug-likeness (QED) is 0.630. The van der Waals surface area contributed by atoms with Crippen LogP contribution in [-0.4, -0.2) is 26.7 Å². The third-order valence-corrected chi connectivity index (χ3v) is 6.80. The lowest BCUT2D eigenvalue weighted by Crippen LogP contribution is -2.26. The van der Waals surface area contributed by atoms with Crippen molar-refractivity contribution in [2.24, 2.45) is 0 Å². The molecule has 2 aromatic carbocycles. The van der Waals surface area contributed by atoms with Gasteiger partial charge in [0.1, 0.15) is 0 Å². The summed E-state index contributed by atoms with van der Waals surface area (Å²) in [6, 6.07) is 16.8. The van der Waals surface area contributed by atoms with Gasteiger partial charge in [-0.25, -0.2) is 13.1 Å². The molecule has 3 aromatic rings. The molecule has 0 saturated carbocycles. The first-order valence-electron chi connectivity index (χ1n) is 8.23. The van der Waals surface area contributed by atoms with Crippen LogP contribution in [0.25, 0.3) is 10.8 Å². The van der Waals surface area contributed by atoms with Crippen molar-refractivity contribution in [3.8, 4) is 0 Å². The van der Waals surface area contributed by atoms with Gasteiger partial charge in [0.05, 0.1) is 4.90 Å². The Morgan fingerprint density at radius 3 is 2.56 bits per heavy atom. The predicted molar refractivity (Wildman–Crippen MR) is 103 cm³/mol. The summed E-state index contributed by atoms with van der Waals surface area (Å²) in [5.74, 6) is 0.167. The molecule has 4 nitrogen and oxygen atoms in total. The van der Waals surface area contributed by atoms with Crippen LogP contribution in [0.4, 0.5) is 0 Å². The van der Waals surface area contributed by atoms with Gasteiger partial charge in [-0.1, -0.05) is 42.5 Å². The van der Waals surface area contributed by atoms with Crippen LogP contribution in [0, 0.1) is 0 Å². The molecule has 132 valence electrons. The fourth-order valence-corrected chi connectivity index (χ4v) is 5.16. The fraction of sp³-hybridized carbons (Fsp3) is 0.263. The molecule has 0 bridgehead atoms. The maximum atomic E-state index is 12.7. The highest BCUT2D eigenvalue weighted by Gasteiger charge is 2.18. The van der Waals surface area contributed by atoms with Crippen molar-refractivity contribution in [3.05, 3.63) is 64.9 Å². The number of thiophene rings is 1. The van der Waals surface area contributed by atoms with E-state index >= 15 is 0 Å². The van der Waals surface area contributed by atoms with Crippen molar-refractivity contribution in [2.45, 2.75) is 23.7 Å². The highest BCUT2D eigenvalue weighted by Crippen LogP contribution is 2.27. The van der Waals surface area contributed by atoms with E-state index in [9.17, 15) is 13.5 Å². The normalized spacial score (nSPS) is 13.2. The SMILES string of the molecule is O=S(=O)(NCC[C@@H](CCO)c1cccs1)c1cccc2ccccc12. The van der Waals surface area contributed by atoms with Crippen LogP contribution in [-0.2, 0) is 10.0 Å². The van der Waals surface area contributed by atoms with Crippen molar-refractivity contribution >= 4 is 32.1 Å². The largest absolute Gasteiger partial charge is 0.396 e. The van der Waals surface area contributed by atoms with Gasteiger partial charge in [-0.2, -0.15) is 0 Å². The zero-order chi connectivity index (χ0) is 17.7. The summed E-state index contributed by atoms with van der Waals surface area (Å²) in [7, 11) is -3.58. The minimum absolute atomic E-state index is 0.0959. The van der Waals surface area contributed by atoms with Crippen LogP contribution >= 0.6 is 11.3 Å². The number of aliphatic hydroxyl groups excluding tert-OH is 1. The first-order valence-corrected chi connectivity index (χ1v) is 10.6. The Hall–Kier alpha value is -1.73. The molecule has 1 aromatic heterocycles. The highest BCUT2D eigenvalue weighted by molar-refractivity contribution is 7.89. The smallest absolute Gasteiger partial charge is 0.241 e. The average Bonchev–Trinajstić information content (AvgIpc) is 3.15. The van der Waals surface area contributed by atoms with Gasteiger partial charge in [-0.3, -0.25) is 0 Å². The summed E-state index contributed by atoms with van der Waals surface area (Å²) in [6.07, 6.45) is 1.29. The first-order chi connectivity index (χ1) is 12.1. The van der Waals surface area contributed by atoms with Crippen LogP contribution < -0.4 is 4.72 Å². The molecule has 0 aliphatic heterocycles. The number of benzene rings is 2. The second-order valence-corrected chi connectivity index (χ2v) is 8.60. The van der Waals surface area contributed by atoms with Crippen molar-refractivity contribution in [1.82, 2.24) is 4.72 Å². The second-order valence-electron chi connectivity index (χ2n) is 5.89. The summed E-state index contributed by atoms with van der Waals surface area (Å²) < 4.78 is 28.1. The number of hydrogen-bond acceptors (Lipinski definition) is 4. The van der Waals surface area contributed by atoms with Crippen LogP contribution in [0.3, 0.4) is 0 Å². The van der Waals surface area contributed by atoms with E-state index in [1.807, 2.05) is 47.8 Å². The van der Waals surface area contributed by atoms with Crippen LogP contribution in [0.2, 0.25) is 0 Å². The van der Waals surface area contributed by atoms with Gasteiger partial charge in [0.25, 0.3) is 0 Å². The van der Waals surface area contributed by atoms with E-state index in [1.165, 1.54) is 4.88 Å². The van der Waals surface area contributed by atoms with Crippen molar-refractivity contribution in [3.63, 3.8) is 0 Å². The Kier molecular flexibility index (Phi) is 5.86. The zero-order valence-electron chi connectivity index (χ0n) is 13.8.